The lowest BCUT2D eigenvalue weighted by atomic mass is 10.0. The molecule has 0 aliphatic rings. The second kappa shape index (κ2) is 12.6. The minimum atomic E-state index is -0.392. The molecule has 2 aromatic rings. The number of Topliss-reactive ketones (excluding diaryl/α,β-unsaturated/α-hetero) is 4. The standard InChI is InChI=1S/2C13H12O3/c2*1-9(14)12(10(2)15)8-13(16)11-6-4-3-5-7-11/h2*3-8H,1-2H3. The van der Waals surface area contributed by atoms with E-state index < -0.39 is 23.1 Å². The number of carbonyl (C=O) groups is 6. The molecule has 0 N–H and O–H groups in total. The van der Waals surface area contributed by atoms with Gasteiger partial charge in [-0.05, 0) is 27.7 Å². The molecule has 164 valence electrons. The van der Waals surface area contributed by atoms with E-state index >= 15 is 0 Å². The summed E-state index contributed by atoms with van der Waals surface area (Å²) in [6.07, 6.45) is 2.19. The van der Waals surface area contributed by atoms with Crippen LogP contribution in [0.25, 0.3) is 0 Å². The summed E-state index contributed by atoms with van der Waals surface area (Å²) in [6.45, 7) is 5.08. The Morgan fingerprint density at radius 3 is 0.938 bits per heavy atom. The Hall–Kier alpha value is -4.06. The molecular formula is C26H24O6. The van der Waals surface area contributed by atoms with Crippen LogP contribution in [0.2, 0.25) is 0 Å². The second-order valence-corrected chi connectivity index (χ2v) is 6.80. The molecule has 32 heavy (non-hydrogen) atoms. The average molecular weight is 432 g/mol. The molecule has 0 unspecified atom stereocenters. The van der Waals surface area contributed by atoms with Crippen LogP contribution in [0.4, 0.5) is 0 Å². The highest BCUT2D eigenvalue weighted by Crippen LogP contribution is 2.06. The average Bonchev–Trinajstić information content (AvgIpc) is 2.76. The molecule has 0 heterocycles. The SMILES string of the molecule is CC(=O)C(=CC(=O)c1ccccc1)C(C)=O.CC(=O)C(=CC(=O)c1ccccc1)C(C)=O. The van der Waals surface area contributed by atoms with Crippen molar-refractivity contribution in [1.29, 1.82) is 0 Å². The zero-order chi connectivity index (χ0) is 24.3. The Morgan fingerprint density at radius 1 is 0.469 bits per heavy atom. The molecule has 0 amide bonds. The van der Waals surface area contributed by atoms with Gasteiger partial charge >= 0.3 is 0 Å². The Bertz CT molecular complexity index is 968. The van der Waals surface area contributed by atoms with Crippen LogP contribution in [0.1, 0.15) is 48.4 Å². The monoisotopic (exact) mass is 432 g/mol. The highest BCUT2D eigenvalue weighted by atomic mass is 16.2. The van der Waals surface area contributed by atoms with Crippen molar-refractivity contribution in [2.24, 2.45) is 0 Å². The first-order valence-electron chi connectivity index (χ1n) is 9.70. The zero-order valence-electron chi connectivity index (χ0n) is 18.4. The van der Waals surface area contributed by atoms with Crippen LogP contribution in [-0.4, -0.2) is 34.7 Å². The first kappa shape index (κ1) is 26.0. The van der Waals surface area contributed by atoms with E-state index in [9.17, 15) is 28.8 Å². The highest BCUT2D eigenvalue weighted by molar-refractivity contribution is 6.24. The molecule has 0 aliphatic heterocycles. The van der Waals surface area contributed by atoms with Crippen LogP contribution in [0.5, 0.6) is 0 Å². The highest BCUT2D eigenvalue weighted by Gasteiger charge is 2.13. The molecule has 2 aromatic carbocycles. The summed E-state index contributed by atoms with van der Waals surface area (Å²) in [5.74, 6) is -2.23. The number of hydrogen-bond acceptors (Lipinski definition) is 6. The van der Waals surface area contributed by atoms with Gasteiger partial charge in [0.25, 0.3) is 0 Å². The van der Waals surface area contributed by atoms with Gasteiger partial charge in [0.05, 0.1) is 11.1 Å². The molecule has 0 bridgehead atoms. The van der Waals surface area contributed by atoms with Gasteiger partial charge in [0, 0.05) is 23.3 Å². The number of ketones is 6. The van der Waals surface area contributed by atoms with Crippen molar-refractivity contribution in [1.82, 2.24) is 0 Å². The summed E-state index contributed by atoms with van der Waals surface area (Å²) in [5, 5.41) is 0. The summed E-state index contributed by atoms with van der Waals surface area (Å²) in [6, 6.07) is 17.0. The van der Waals surface area contributed by atoms with Crippen molar-refractivity contribution in [3.8, 4) is 0 Å². The predicted octanol–water partition coefficient (Wildman–Crippen LogP) is 3.95. The van der Waals surface area contributed by atoms with Crippen LogP contribution in [0.3, 0.4) is 0 Å². The molecule has 0 fully saturated rings. The van der Waals surface area contributed by atoms with Crippen LogP contribution in [0, 0.1) is 0 Å². The van der Waals surface area contributed by atoms with E-state index in [2.05, 4.69) is 0 Å². The van der Waals surface area contributed by atoms with Gasteiger partial charge in [-0.25, -0.2) is 0 Å². The zero-order valence-corrected chi connectivity index (χ0v) is 18.4. The summed E-state index contributed by atoms with van der Waals surface area (Å²) in [5.41, 5.74) is 0.799. The van der Waals surface area contributed by atoms with E-state index in [4.69, 9.17) is 0 Å². The van der Waals surface area contributed by atoms with E-state index in [1.54, 1.807) is 60.7 Å². The third-order valence-corrected chi connectivity index (χ3v) is 4.18. The third-order valence-electron chi connectivity index (χ3n) is 4.18. The Kier molecular flexibility index (Phi) is 10.2. The van der Waals surface area contributed by atoms with E-state index in [1.807, 2.05) is 0 Å². The van der Waals surface area contributed by atoms with Crippen LogP contribution in [-0.2, 0) is 19.2 Å². The number of allylic oxidation sites excluding steroid dienone is 4. The maximum atomic E-state index is 11.7. The Balaban J connectivity index is 0.000000320. The molecule has 2 rings (SSSR count). The molecule has 6 nitrogen and oxygen atoms in total. The molecule has 0 radical (unpaired) electrons. The Morgan fingerprint density at radius 2 is 0.719 bits per heavy atom. The molecule has 0 saturated carbocycles. The number of rotatable bonds is 8. The van der Waals surface area contributed by atoms with Crippen molar-refractivity contribution in [2.75, 3.05) is 0 Å². The largest absolute Gasteiger partial charge is 0.294 e. The Labute approximate surface area is 186 Å². The normalized spacial score (nSPS) is 9.38. The third kappa shape index (κ3) is 8.36. The van der Waals surface area contributed by atoms with Gasteiger partial charge in [-0.15, -0.1) is 0 Å². The van der Waals surface area contributed by atoms with Crippen LogP contribution in [0.15, 0.2) is 84.0 Å². The molecule has 0 atom stereocenters. The smallest absolute Gasteiger partial charge is 0.186 e. The molecule has 0 aliphatic carbocycles. The first-order chi connectivity index (χ1) is 15.0. The van der Waals surface area contributed by atoms with E-state index in [-0.39, 0.29) is 22.7 Å². The lowest BCUT2D eigenvalue weighted by Gasteiger charge is -1.98. The maximum absolute atomic E-state index is 11.7. The summed E-state index contributed by atoms with van der Waals surface area (Å²) in [4.78, 5) is 67.8. The van der Waals surface area contributed by atoms with E-state index in [0.717, 1.165) is 12.2 Å². The molecule has 6 heteroatoms. The van der Waals surface area contributed by atoms with Crippen molar-refractivity contribution in [2.45, 2.75) is 27.7 Å². The van der Waals surface area contributed by atoms with E-state index in [1.165, 1.54) is 27.7 Å². The fourth-order valence-electron chi connectivity index (χ4n) is 2.54. The minimum Gasteiger partial charge on any atom is -0.294 e. The predicted molar refractivity (Wildman–Crippen MR) is 120 cm³/mol. The van der Waals surface area contributed by atoms with Crippen LogP contribution < -0.4 is 0 Å². The van der Waals surface area contributed by atoms with Crippen molar-refractivity contribution in [3.05, 3.63) is 95.1 Å². The van der Waals surface area contributed by atoms with E-state index in [0.29, 0.717) is 11.1 Å². The second-order valence-electron chi connectivity index (χ2n) is 6.80. The van der Waals surface area contributed by atoms with Gasteiger partial charge in [0.2, 0.25) is 0 Å². The van der Waals surface area contributed by atoms with Gasteiger partial charge in [0.1, 0.15) is 0 Å². The maximum Gasteiger partial charge on any atom is 0.186 e. The quantitative estimate of drug-likeness (QED) is 0.271. The summed E-state index contributed by atoms with van der Waals surface area (Å²) < 4.78 is 0. The van der Waals surface area contributed by atoms with Gasteiger partial charge in [0.15, 0.2) is 34.7 Å². The molecule has 0 spiro atoms. The minimum absolute atomic E-state index is 0.0612. The molecular weight excluding hydrogens is 408 g/mol. The van der Waals surface area contributed by atoms with Crippen molar-refractivity contribution in [3.63, 3.8) is 0 Å². The molecule has 0 saturated heterocycles. The fraction of sp³-hybridized carbons (Fsp3) is 0.154. The number of carbonyl (C=O) groups excluding carboxylic acids is 6. The van der Waals surface area contributed by atoms with Gasteiger partial charge < -0.3 is 0 Å². The van der Waals surface area contributed by atoms with Crippen molar-refractivity contribution < 1.29 is 28.8 Å². The van der Waals surface area contributed by atoms with Gasteiger partial charge in [-0.3, -0.25) is 28.8 Å². The fourth-order valence-corrected chi connectivity index (χ4v) is 2.54. The molecule has 0 aromatic heterocycles. The first-order valence-corrected chi connectivity index (χ1v) is 9.70. The van der Waals surface area contributed by atoms with Crippen molar-refractivity contribution >= 4 is 34.7 Å². The number of benzene rings is 2. The lowest BCUT2D eigenvalue weighted by Crippen LogP contribution is -2.09. The van der Waals surface area contributed by atoms with Gasteiger partial charge in [-0.2, -0.15) is 0 Å². The van der Waals surface area contributed by atoms with Gasteiger partial charge in [-0.1, -0.05) is 60.7 Å². The van der Waals surface area contributed by atoms with Crippen LogP contribution >= 0.6 is 0 Å². The lowest BCUT2D eigenvalue weighted by molar-refractivity contribution is -0.120. The summed E-state index contributed by atoms with van der Waals surface area (Å²) >= 11 is 0. The summed E-state index contributed by atoms with van der Waals surface area (Å²) in [7, 11) is 0. The number of hydrogen-bond donors (Lipinski definition) is 0. The topological polar surface area (TPSA) is 102 Å².